The summed E-state index contributed by atoms with van der Waals surface area (Å²) < 4.78 is 5.51. The van der Waals surface area contributed by atoms with E-state index in [4.69, 9.17) is 14.7 Å². The minimum atomic E-state index is -0.967. The number of rotatable bonds is 9. The van der Waals surface area contributed by atoms with Gasteiger partial charge in [-0.05, 0) is 59.9 Å². The van der Waals surface area contributed by atoms with Crippen LogP contribution in [0.2, 0.25) is 0 Å². The first-order valence-corrected chi connectivity index (χ1v) is 11.0. The van der Waals surface area contributed by atoms with E-state index in [-0.39, 0.29) is 12.7 Å². The summed E-state index contributed by atoms with van der Waals surface area (Å²) in [7, 11) is 0. The Bertz CT molecular complexity index is 1010. The van der Waals surface area contributed by atoms with Crippen LogP contribution in [-0.4, -0.2) is 23.9 Å². The van der Waals surface area contributed by atoms with Crippen molar-refractivity contribution in [2.45, 2.75) is 37.7 Å². The van der Waals surface area contributed by atoms with Crippen LogP contribution in [0.4, 0.5) is 0 Å². The Morgan fingerprint density at radius 2 is 1.69 bits per heavy atom. The third-order valence-electron chi connectivity index (χ3n) is 5.77. The molecule has 1 N–H and O–H groups in total. The molecule has 0 aromatic heterocycles. The fourth-order valence-corrected chi connectivity index (χ4v) is 4.28. The average molecular weight is 430 g/mol. The van der Waals surface area contributed by atoms with Gasteiger partial charge >= 0.3 is 5.97 Å². The molecule has 1 unspecified atom stereocenters. The first kappa shape index (κ1) is 21.6. The number of oxime groups is 1. The van der Waals surface area contributed by atoms with Crippen LogP contribution < -0.4 is 4.74 Å². The SMILES string of the molecule is O=C(O)COc1cccc2c1CCCC2C/C=N\OC(c1ccccc1)c1ccccc1. The lowest BCUT2D eigenvalue weighted by atomic mass is 9.81. The molecule has 32 heavy (non-hydrogen) atoms. The Hall–Kier alpha value is -3.60. The van der Waals surface area contributed by atoms with Crippen LogP contribution in [0.15, 0.2) is 84.0 Å². The molecule has 0 aliphatic heterocycles. The van der Waals surface area contributed by atoms with Gasteiger partial charge in [0, 0.05) is 6.21 Å². The molecular weight excluding hydrogens is 402 g/mol. The zero-order valence-electron chi connectivity index (χ0n) is 17.9. The molecule has 0 amide bonds. The Morgan fingerprint density at radius 3 is 2.34 bits per heavy atom. The quantitative estimate of drug-likeness (QED) is 0.347. The van der Waals surface area contributed by atoms with Crippen LogP contribution in [0.5, 0.6) is 5.75 Å². The summed E-state index contributed by atoms with van der Waals surface area (Å²) >= 11 is 0. The van der Waals surface area contributed by atoms with Crippen molar-refractivity contribution < 1.29 is 19.5 Å². The maximum absolute atomic E-state index is 10.9. The monoisotopic (exact) mass is 429 g/mol. The standard InChI is InChI=1S/C27H27NO4/c29-26(30)19-31-25-16-8-14-23-20(13-7-15-24(23)25)17-18-28-32-27(21-9-3-1-4-10-21)22-11-5-2-6-12-22/h1-6,8-12,14,16,18,20,27H,7,13,15,17,19H2,(H,29,30)/b28-18-. The van der Waals surface area contributed by atoms with Gasteiger partial charge < -0.3 is 14.7 Å². The van der Waals surface area contributed by atoms with Gasteiger partial charge in [-0.1, -0.05) is 78.0 Å². The third-order valence-corrected chi connectivity index (χ3v) is 5.77. The molecule has 5 heteroatoms. The van der Waals surface area contributed by atoms with Crippen LogP contribution in [0, 0.1) is 0 Å². The molecule has 1 aliphatic carbocycles. The summed E-state index contributed by atoms with van der Waals surface area (Å²) in [6.07, 6.45) is 5.34. The molecule has 0 saturated heterocycles. The van der Waals surface area contributed by atoms with Crippen molar-refractivity contribution in [3.8, 4) is 5.75 Å². The zero-order valence-corrected chi connectivity index (χ0v) is 17.9. The number of hydrogen-bond acceptors (Lipinski definition) is 4. The molecule has 164 valence electrons. The number of aliphatic carboxylic acids is 1. The number of hydrogen-bond donors (Lipinski definition) is 1. The maximum Gasteiger partial charge on any atom is 0.341 e. The van der Waals surface area contributed by atoms with Crippen LogP contribution in [0.25, 0.3) is 0 Å². The molecule has 0 fully saturated rings. The number of ether oxygens (including phenoxy) is 1. The highest BCUT2D eigenvalue weighted by molar-refractivity contribution is 5.68. The van der Waals surface area contributed by atoms with E-state index in [1.54, 1.807) is 0 Å². The van der Waals surface area contributed by atoms with E-state index >= 15 is 0 Å². The van der Waals surface area contributed by atoms with E-state index in [0.717, 1.165) is 42.4 Å². The predicted molar refractivity (Wildman–Crippen MR) is 124 cm³/mol. The molecule has 0 heterocycles. The van der Waals surface area contributed by atoms with Gasteiger partial charge in [0.25, 0.3) is 0 Å². The van der Waals surface area contributed by atoms with Gasteiger partial charge in [-0.3, -0.25) is 0 Å². The van der Waals surface area contributed by atoms with Crippen LogP contribution >= 0.6 is 0 Å². The van der Waals surface area contributed by atoms with Crippen LogP contribution in [0.1, 0.15) is 53.5 Å². The Morgan fingerprint density at radius 1 is 1.00 bits per heavy atom. The Kier molecular flexibility index (Phi) is 7.18. The molecular formula is C27H27NO4. The lowest BCUT2D eigenvalue weighted by molar-refractivity contribution is -0.139. The Labute approximate surface area is 188 Å². The largest absolute Gasteiger partial charge is 0.482 e. The normalized spacial score (nSPS) is 15.5. The number of carboxylic acids is 1. The maximum atomic E-state index is 10.9. The van der Waals surface area contributed by atoms with E-state index in [9.17, 15) is 4.79 Å². The van der Waals surface area contributed by atoms with Crippen LogP contribution in [-0.2, 0) is 16.1 Å². The lowest BCUT2D eigenvalue weighted by Crippen LogP contribution is -2.15. The summed E-state index contributed by atoms with van der Waals surface area (Å²) in [5.41, 5.74) is 4.44. The van der Waals surface area contributed by atoms with Crippen molar-refractivity contribution >= 4 is 12.2 Å². The summed E-state index contributed by atoms with van der Waals surface area (Å²) in [5, 5.41) is 13.3. The molecule has 3 aromatic rings. The number of nitrogens with zero attached hydrogens (tertiary/aromatic N) is 1. The molecule has 0 bridgehead atoms. The van der Waals surface area contributed by atoms with Crippen molar-refractivity contribution in [1.82, 2.24) is 0 Å². The number of carbonyl (C=O) groups is 1. The first-order chi connectivity index (χ1) is 15.7. The topological polar surface area (TPSA) is 68.1 Å². The molecule has 1 aliphatic rings. The summed E-state index contributed by atoms with van der Waals surface area (Å²) in [6.45, 7) is -0.323. The first-order valence-electron chi connectivity index (χ1n) is 11.0. The van der Waals surface area contributed by atoms with Gasteiger partial charge in [0.15, 0.2) is 12.7 Å². The average Bonchev–Trinajstić information content (AvgIpc) is 2.84. The van der Waals surface area contributed by atoms with E-state index in [0.29, 0.717) is 11.7 Å². The number of benzene rings is 3. The van der Waals surface area contributed by atoms with Crippen molar-refractivity contribution in [3.05, 3.63) is 101 Å². The third kappa shape index (κ3) is 5.35. The van der Waals surface area contributed by atoms with E-state index in [2.05, 4.69) is 11.2 Å². The van der Waals surface area contributed by atoms with Crippen molar-refractivity contribution in [1.29, 1.82) is 0 Å². The van der Waals surface area contributed by atoms with Crippen molar-refractivity contribution in [2.24, 2.45) is 5.16 Å². The predicted octanol–water partition coefficient (Wildman–Crippen LogP) is 5.75. The number of carboxylic acid groups (broad SMARTS) is 1. The van der Waals surface area contributed by atoms with E-state index in [1.807, 2.05) is 79.0 Å². The second kappa shape index (κ2) is 10.6. The molecule has 0 saturated carbocycles. The minimum Gasteiger partial charge on any atom is -0.482 e. The summed E-state index contributed by atoms with van der Waals surface area (Å²) in [6, 6.07) is 26.1. The lowest BCUT2D eigenvalue weighted by Gasteiger charge is -2.26. The summed E-state index contributed by atoms with van der Waals surface area (Å²) in [5.74, 6) is 0.0213. The van der Waals surface area contributed by atoms with Gasteiger partial charge in [-0.15, -0.1) is 0 Å². The zero-order chi connectivity index (χ0) is 22.2. The molecule has 5 nitrogen and oxygen atoms in total. The smallest absolute Gasteiger partial charge is 0.341 e. The van der Waals surface area contributed by atoms with Gasteiger partial charge in [0.1, 0.15) is 5.75 Å². The highest BCUT2D eigenvalue weighted by atomic mass is 16.6. The van der Waals surface area contributed by atoms with E-state index < -0.39 is 5.97 Å². The summed E-state index contributed by atoms with van der Waals surface area (Å²) in [4.78, 5) is 16.8. The van der Waals surface area contributed by atoms with Gasteiger partial charge in [0.2, 0.25) is 0 Å². The van der Waals surface area contributed by atoms with Gasteiger partial charge in [0.05, 0.1) is 0 Å². The fourth-order valence-electron chi connectivity index (χ4n) is 4.28. The minimum absolute atomic E-state index is 0.261. The van der Waals surface area contributed by atoms with Gasteiger partial charge in [-0.25, -0.2) is 4.79 Å². The molecule has 0 spiro atoms. The second-order valence-electron chi connectivity index (χ2n) is 7.93. The second-order valence-corrected chi connectivity index (χ2v) is 7.93. The highest BCUT2D eigenvalue weighted by Gasteiger charge is 2.23. The van der Waals surface area contributed by atoms with Crippen LogP contribution in [0.3, 0.4) is 0 Å². The Balaban J connectivity index is 1.45. The van der Waals surface area contributed by atoms with Gasteiger partial charge in [-0.2, -0.15) is 0 Å². The molecule has 4 rings (SSSR count). The molecule has 1 atom stereocenters. The number of fused-ring (bicyclic) bond motifs is 1. The molecule has 3 aromatic carbocycles. The van der Waals surface area contributed by atoms with Crippen molar-refractivity contribution in [3.63, 3.8) is 0 Å². The highest BCUT2D eigenvalue weighted by Crippen LogP contribution is 2.38. The van der Waals surface area contributed by atoms with Crippen molar-refractivity contribution in [2.75, 3.05) is 6.61 Å². The van der Waals surface area contributed by atoms with E-state index in [1.165, 1.54) is 5.56 Å². The molecule has 0 radical (unpaired) electrons. The fraction of sp³-hybridized carbons (Fsp3) is 0.259.